The highest BCUT2D eigenvalue weighted by Gasteiger charge is 2.43. The number of likely N-dealkylation sites (tertiary alicyclic amines) is 1. The first kappa shape index (κ1) is 15.0. The molecule has 1 unspecified atom stereocenters. The highest BCUT2D eigenvalue weighted by atomic mass is 19.3. The lowest BCUT2D eigenvalue weighted by atomic mass is 9.98. The van der Waals surface area contributed by atoms with Gasteiger partial charge in [0.1, 0.15) is 0 Å². The summed E-state index contributed by atoms with van der Waals surface area (Å²) in [6.45, 7) is 1.75. The second kappa shape index (κ2) is 5.72. The Morgan fingerprint density at radius 3 is 2.91 bits per heavy atom. The average Bonchev–Trinajstić information content (AvgIpc) is 2.94. The third kappa shape index (κ3) is 3.14. The lowest BCUT2D eigenvalue weighted by Gasteiger charge is -2.16. The van der Waals surface area contributed by atoms with Gasteiger partial charge in [-0.15, -0.1) is 8.78 Å². The Labute approximate surface area is 126 Å². The zero-order valence-electron chi connectivity index (χ0n) is 12.2. The largest absolute Gasteiger partial charge is 0.586 e. The van der Waals surface area contributed by atoms with Gasteiger partial charge in [0, 0.05) is 26.6 Å². The number of methoxy groups -OCH3 is 1. The van der Waals surface area contributed by atoms with E-state index in [9.17, 15) is 13.6 Å². The van der Waals surface area contributed by atoms with Crippen molar-refractivity contribution in [3.8, 4) is 11.5 Å². The smallest absolute Gasteiger partial charge is 0.395 e. The summed E-state index contributed by atoms with van der Waals surface area (Å²) in [7, 11) is 1.60. The van der Waals surface area contributed by atoms with Crippen LogP contribution in [0.15, 0.2) is 18.2 Å². The van der Waals surface area contributed by atoms with E-state index < -0.39 is 6.29 Å². The number of halogens is 2. The van der Waals surface area contributed by atoms with Crippen LogP contribution in [0.25, 0.3) is 0 Å². The molecule has 1 amide bonds. The van der Waals surface area contributed by atoms with Crippen molar-refractivity contribution in [2.75, 3.05) is 26.8 Å². The van der Waals surface area contributed by atoms with Crippen molar-refractivity contribution in [1.82, 2.24) is 4.90 Å². The number of carbonyl (C=O) groups is 1. The van der Waals surface area contributed by atoms with Crippen molar-refractivity contribution in [2.45, 2.75) is 19.1 Å². The second-order valence-electron chi connectivity index (χ2n) is 5.56. The predicted octanol–water partition coefficient (Wildman–Crippen LogP) is 2.05. The third-order valence-corrected chi connectivity index (χ3v) is 3.85. The van der Waals surface area contributed by atoms with Gasteiger partial charge >= 0.3 is 6.29 Å². The van der Waals surface area contributed by atoms with E-state index in [-0.39, 0.29) is 23.3 Å². The summed E-state index contributed by atoms with van der Waals surface area (Å²) in [5.41, 5.74) is 0.853. The predicted molar refractivity (Wildman–Crippen MR) is 72.9 cm³/mol. The Bertz CT molecular complexity index is 579. The van der Waals surface area contributed by atoms with Crippen LogP contribution in [0, 0.1) is 5.92 Å². The summed E-state index contributed by atoms with van der Waals surface area (Å²) < 4.78 is 39.8. The van der Waals surface area contributed by atoms with E-state index in [4.69, 9.17) is 4.74 Å². The summed E-state index contributed by atoms with van der Waals surface area (Å²) >= 11 is 0. The highest BCUT2D eigenvalue weighted by Crippen LogP contribution is 2.41. The van der Waals surface area contributed by atoms with Gasteiger partial charge in [0.05, 0.1) is 6.61 Å². The van der Waals surface area contributed by atoms with Crippen LogP contribution in [0.1, 0.15) is 12.0 Å². The average molecular weight is 313 g/mol. The minimum atomic E-state index is -3.60. The zero-order chi connectivity index (χ0) is 15.7. The Morgan fingerprint density at radius 2 is 2.14 bits per heavy atom. The van der Waals surface area contributed by atoms with E-state index in [2.05, 4.69) is 9.47 Å². The molecular weight excluding hydrogens is 296 g/mol. The molecule has 1 atom stereocenters. The maximum Gasteiger partial charge on any atom is 0.586 e. The number of hydrogen-bond acceptors (Lipinski definition) is 4. The molecule has 2 aliphatic heterocycles. The first-order valence-corrected chi connectivity index (χ1v) is 7.12. The number of ether oxygens (including phenoxy) is 3. The molecule has 1 aromatic rings. The van der Waals surface area contributed by atoms with E-state index in [1.165, 1.54) is 6.07 Å². The van der Waals surface area contributed by atoms with Gasteiger partial charge in [-0.2, -0.15) is 0 Å². The first-order chi connectivity index (χ1) is 10.5. The molecule has 22 heavy (non-hydrogen) atoms. The van der Waals surface area contributed by atoms with Crippen molar-refractivity contribution in [1.29, 1.82) is 0 Å². The van der Waals surface area contributed by atoms with E-state index in [1.807, 2.05) is 0 Å². The number of rotatable bonds is 5. The number of carbonyl (C=O) groups excluding carboxylic acids is 1. The SMILES string of the molecule is COCCN1CC(Cc2ccc3c(c2)OC(F)(F)O3)CC1=O. The lowest BCUT2D eigenvalue weighted by Crippen LogP contribution is -2.28. The minimum Gasteiger partial charge on any atom is -0.395 e. The highest BCUT2D eigenvalue weighted by molar-refractivity contribution is 5.78. The third-order valence-electron chi connectivity index (χ3n) is 3.85. The van der Waals surface area contributed by atoms with Gasteiger partial charge in [-0.25, -0.2) is 0 Å². The van der Waals surface area contributed by atoms with Crippen LogP contribution in [0.4, 0.5) is 8.78 Å². The van der Waals surface area contributed by atoms with Crippen LogP contribution < -0.4 is 9.47 Å². The van der Waals surface area contributed by atoms with Gasteiger partial charge in [0.2, 0.25) is 5.91 Å². The first-order valence-electron chi connectivity index (χ1n) is 7.12. The quantitative estimate of drug-likeness (QED) is 0.835. The lowest BCUT2D eigenvalue weighted by molar-refractivity contribution is -0.286. The normalized spacial score (nSPS) is 22.4. The second-order valence-corrected chi connectivity index (χ2v) is 5.56. The zero-order valence-corrected chi connectivity index (χ0v) is 12.2. The van der Waals surface area contributed by atoms with Crippen LogP contribution in [-0.4, -0.2) is 43.9 Å². The van der Waals surface area contributed by atoms with E-state index >= 15 is 0 Å². The maximum atomic E-state index is 13.0. The molecule has 5 nitrogen and oxygen atoms in total. The van der Waals surface area contributed by atoms with Crippen LogP contribution in [-0.2, 0) is 16.0 Å². The van der Waals surface area contributed by atoms with Crippen molar-refractivity contribution in [3.63, 3.8) is 0 Å². The number of hydrogen-bond donors (Lipinski definition) is 0. The fourth-order valence-corrected chi connectivity index (χ4v) is 2.86. The summed E-state index contributed by atoms with van der Waals surface area (Å²) in [5, 5.41) is 0. The maximum absolute atomic E-state index is 13.0. The van der Waals surface area contributed by atoms with Crippen molar-refractivity contribution in [3.05, 3.63) is 23.8 Å². The number of alkyl halides is 2. The molecular formula is C15H17F2NO4. The molecule has 1 saturated heterocycles. The Morgan fingerprint density at radius 1 is 1.36 bits per heavy atom. The van der Waals surface area contributed by atoms with Gasteiger partial charge in [-0.05, 0) is 30.0 Å². The van der Waals surface area contributed by atoms with Gasteiger partial charge in [0.25, 0.3) is 0 Å². The van der Waals surface area contributed by atoms with E-state index in [1.54, 1.807) is 24.1 Å². The van der Waals surface area contributed by atoms with E-state index in [0.29, 0.717) is 32.5 Å². The van der Waals surface area contributed by atoms with Gasteiger partial charge < -0.3 is 19.1 Å². The summed E-state index contributed by atoms with van der Waals surface area (Å²) in [6.07, 6.45) is -2.49. The van der Waals surface area contributed by atoms with Gasteiger partial charge in [-0.3, -0.25) is 4.79 Å². The number of amides is 1. The fourth-order valence-electron chi connectivity index (χ4n) is 2.86. The van der Waals surface area contributed by atoms with Crippen LogP contribution in [0.3, 0.4) is 0 Å². The molecule has 3 rings (SSSR count). The summed E-state index contributed by atoms with van der Waals surface area (Å²) in [4.78, 5) is 13.7. The summed E-state index contributed by atoms with van der Waals surface area (Å²) in [6, 6.07) is 4.76. The number of benzene rings is 1. The molecule has 0 aliphatic carbocycles. The molecule has 0 radical (unpaired) electrons. The Balaban J connectivity index is 1.62. The number of fused-ring (bicyclic) bond motifs is 1. The molecule has 0 spiro atoms. The summed E-state index contributed by atoms with van der Waals surface area (Å²) in [5.74, 6) is 0.362. The van der Waals surface area contributed by atoms with Crippen LogP contribution in [0.2, 0.25) is 0 Å². The van der Waals surface area contributed by atoms with Crippen LogP contribution in [0.5, 0.6) is 11.5 Å². The van der Waals surface area contributed by atoms with Gasteiger partial charge in [0.15, 0.2) is 11.5 Å². The topological polar surface area (TPSA) is 48.0 Å². The van der Waals surface area contributed by atoms with E-state index in [0.717, 1.165) is 5.56 Å². The Hall–Kier alpha value is -1.89. The Kier molecular flexibility index (Phi) is 3.90. The molecule has 0 aromatic heterocycles. The van der Waals surface area contributed by atoms with Gasteiger partial charge in [-0.1, -0.05) is 6.07 Å². The fraction of sp³-hybridized carbons (Fsp3) is 0.533. The number of nitrogens with zero attached hydrogens (tertiary/aromatic N) is 1. The standard InChI is InChI=1S/C15H17F2NO4/c1-20-5-4-18-9-11(8-14(18)19)6-10-2-3-12-13(7-10)22-15(16,17)21-12/h2-3,7,11H,4-6,8-9H2,1H3. The van der Waals surface area contributed by atoms with Crippen LogP contribution >= 0.6 is 0 Å². The van der Waals surface area contributed by atoms with Crippen molar-refractivity contribution < 1.29 is 27.8 Å². The van der Waals surface area contributed by atoms with Crippen molar-refractivity contribution >= 4 is 5.91 Å². The molecule has 0 N–H and O–H groups in total. The monoisotopic (exact) mass is 313 g/mol. The molecule has 0 bridgehead atoms. The molecule has 1 aromatic carbocycles. The molecule has 0 saturated carbocycles. The molecule has 2 aliphatic rings. The molecule has 2 heterocycles. The molecule has 7 heteroatoms. The molecule has 1 fully saturated rings. The van der Waals surface area contributed by atoms with Crippen molar-refractivity contribution in [2.24, 2.45) is 5.92 Å². The molecule has 120 valence electrons. The minimum absolute atomic E-state index is 0.0398.